The van der Waals surface area contributed by atoms with Gasteiger partial charge in [0.2, 0.25) is 11.8 Å². The molecule has 0 bridgehead atoms. The number of aliphatic hydroxyl groups excluding tert-OH is 1. The van der Waals surface area contributed by atoms with Crippen molar-refractivity contribution >= 4 is 11.8 Å². The van der Waals surface area contributed by atoms with Crippen LogP contribution in [0.15, 0.2) is 0 Å². The predicted molar refractivity (Wildman–Crippen MR) is 40.8 cm³/mol. The Kier molecular flexibility index (Phi) is 2.65. The summed E-state index contributed by atoms with van der Waals surface area (Å²) in [4.78, 5) is 21.5. The molecule has 1 aliphatic rings. The molecule has 1 atom stereocenters. The Hall–Kier alpha value is -1.10. The van der Waals surface area contributed by atoms with E-state index in [2.05, 4.69) is 5.43 Å². The van der Waals surface area contributed by atoms with Gasteiger partial charge < -0.3 is 5.11 Å². The summed E-state index contributed by atoms with van der Waals surface area (Å²) in [6.07, 6.45) is 0.937. The minimum atomic E-state index is -0.258. The zero-order chi connectivity index (χ0) is 9.14. The van der Waals surface area contributed by atoms with Gasteiger partial charge >= 0.3 is 0 Å². The maximum Gasteiger partial charge on any atom is 0.243 e. The largest absolute Gasteiger partial charge is 0.396 e. The van der Waals surface area contributed by atoms with Gasteiger partial charge in [-0.15, -0.1) is 0 Å². The molecule has 0 aromatic carbocycles. The minimum absolute atomic E-state index is 0.0219. The van der Waals surface area contributed by atoms with Gasteiger partial charge in [0.1, 0.15) is 0 Å². The van der Waals surface area contributed by atoms with E-state index in [0.717, 1.165) is 0 Å². The van der Waals surface area contributed by atoms with E-state index in [9.17, 15) is 9.59 Å². The number of hydrazine groups is 1. The van der Waals surface area contributed by atoms with Crippen molar-refractivity contribution in [1.82, 2.24) is 10.4 Å². The zero-order valence-electron chi connectivity index (χ0n) is 6.91. The van der Waals surface area contributed by atoms with Crippen LogP contribution < -0.4 is 5.43 Å². The molecule has 68 valence electrons. The molecular weight excluding hydrogens is 160 g/mol. The molecule has 1 fully saturated rings. The number of nitrogens with zero attached hydrogens (tertiary/aromatic N) is 1. The second-order valence-corrected chi connectivity index (χ2v) is 2.80. The van der Waals surface area contributed by atoms with Gasteiger partial charge in [-0.3, -0.25) is 20.0 Å². The average molecular weight is 172 g/mol. The number of amides is 2. The van der Waals surface area contributed by atoms with Crippen LogP contribution in [0.5, 0.6) is 0 Å². The maximum atomic E-state index is 10.9. The topological polar surface area (TPSA) is 69.6 Å². The number of carbonyl (C=O) groups is 2. The Labute approximate surface area is 70.3 Å². The van der Waals surface area contributed by atoms with Gasteiger partial charge in [-0.25, -0.2) is 0 Å². The fraction of sp³-hybridized carbons (Fsp3) is 0.714. The van der Waals surface area contributed by atoms with Gasteiger partial charge in [0.15, 0.2) is 0 Å². The lowest BCUT2D eigenvalue weighted by Crippen LogP contribution is -2.60. The molecule has 5 heteroatoms. The fourth-order valence-corrected chi connectivity index (χ4v) is 1.19. The summed E-state index contributed by atoms with van der Waals surface area (Å²) in [5, 5.41) is 9.87. The molecule has 0 saturated carbocycles. The number of hydrogen-bond acceptors (Lipinski definition) is 3. The monoisotopic (exact) mass is 172 g/mol. The quantitative estimate of drug-likeness (QED) is 0.538. The Balaban J connectivity index is 2.39. The highest BCUT2D eigenvalue weighted by molar-refractivity contribution is 5.86. The highest BCUT2D eigenvalue weighted by atomic mass is 16.3. The Morgan fingerprint density at radius 3 is 2.92 bits per heavy atom. The van der Waals surface area contributed by atoms with E-state index in [1.54, 1.807) is 0 Å². The first kappa shape index (κ1) is 8.99. The molecule has 2 N–H and O–H groups in total. The molecule has 2 amide bonds. The van der Waals surface area contributed by atoms with Crippen LogP contribution in [0.1, 0.15) is 19.8 Å². The van der Waals surface area contributed by atoms with Crippen LogP contribution in [0.2, 0.25) is 0 Å². The highest BCUT2D eigenvalue weighted by Crippen LogP contribution is 2.18. The molecule has 1 aliphatic heterocycles. The molecule has 0 radical (unpaired) electrons. The van der Waals surface area contributed by atoms with Crippen molar-refractivity contribution in [2.75, 3.05) is 6.61 Å². The SMILES string of the molecule is CC(=O)NN1C(=O)CC1CCO. The number of hydrogen-bond donors (Lipinski definition) is 2. The first-order valence-electron chi connectivity index (χ1n) is 3.85. The number of nitrogens with one attached hydrogen (secondary N) is 1. The van der Waals surface area contributed by atoms with Crippen molar-refractivity contribution in [3.63, 3.8) is 0 Å². The lowest BCUT2D eigenvalue weighted by Gasteiger charge is -2.39. The summed E-state index contributed by atoms with van der Waals surface area (Å²) in [5.74, 6) is -0.352. The van der Waals surface area contributed by atoms with Gasteiger partial charge in [-0.1, -0.05) is 0 Å². The summed E-state index contributed by atoms with van der Waals surface area (Å²) >= 11 is 0. The summed E-state index contributed by atoms with van der Waals surface area (Å²) in [6, 6.07) is -0.0219. The summed E-state index contributed by atoms with van der Waals surface area (Å²) in [7, 11) is 0. The molecule has 0 aromatic heterocycles. The second-order valence-electron chi connectivity index (χ2n) is 2.80. The van der Waals surface area contributed by atoms with Crippen LogP contribution in [0.4, 0.5) is 0 Å². The zero-order valence-corrected chi connectivity index (χ0v) is 6.91. The molecule has 1 heterocycles. The third kappa shape index (κ3) is 1.73. The van der Waals surface area contributed by atoms with Gasteiger partial charge in [0.25, 0.3) is 0 Å². The number of β-lactam (4-membered cyclic amide) rings is 1. The molecule has 1 unspecified atom stereocenters. The Morgan fingerprint density at radius 2 is 2.50 bits per heavy atom. The summed E-state index contributed by atoms with van der Waals surface area (Å²) in [5.41, 5.74) is 2.40. The van der Waals surface area contributed by atoms with E-state index in [1.807, 2.05) is 0 Å². The minimum Gasteiger partial charge on any atom is -0.396 e. The smallest absolute Gasteiger partial charge is 0.243 e. The van der Waals surface area contributed by atoms with Crippen molar-refractivity contribution in [3.8, 4) is 0 Å². The first-order valence-corrected chi connectivity index (χ1v) is 3.85. The van der Waals surface area contributed by atoms with E-state index < -0.39 is 0 Å². The molecule has 0 aliphatic carbocycles. The Morgan fingerprint density at radius 1 is 1.83 bits per heavy atom. The molecule has 0 aromatic rings. The first-order chi connectivity index (χ1) is 5.65. The van der Waals surface area contributed by atoms with Crippen molar-refractivity contribution in [1.29, 1.82) is 0 Å². The fourth-order valence-electron chi connectivity index (χ4n) is 1.19. The molecule has 1 rings (SSSR count). The van der Waals surface area contributed by atoms with E-state index in [-0.39, 0.29) is 24.5 Å². The lowest BCUT2D eigenvalue weighted by atomic mass is 10.0. The van der Waals surface area contributed by atoms with Crippen LogP contribution >= 0.6 is 0 Å². The molecule has 1 saturated heterocycles. The van der Waals surface area contributed by atoms with Crippen molar-refractivity contribution < 1.29 is 14.7 Å². The van der Waals surface area contributed by atoms with Gasteiger partial charge in [0, 0.05) is 13.5 Å². The second kappa shape index (κ2) is 3.53. The maximum absolute atomic E-state index is 10.9. The third-order valence-corrected chi connectivity index (χ3v) is 1.78. The average Bonchev–Trinajstić information content (AvgIpc) is 2.00. The van der Waals surface area contributed by atoms with E-state index in [0.29, 0.717) is 12.8 Å². The van der Waals surface area contributed by atoms with Crippen LogP contribution in [0.3, 0.4) is 0 Å². The van der Waals surface area contributed by atoms with Gasteiger partial charge in [0.05, 0.1) is 12.5 Å². The highest BCUT2D eigenvalue weighted by Gasteiger charge is 2.36. The summed E-state index contributed by atoms with van der Waals surface area (Å²) < 4.78 is 0. The van der Waals surface area contributed by atoms with Gasteiger partial charge in [-0.05, 0) is 6.42 Å². The predicted octanol–water partition coefficient (Wildman–Crippen LogP) is -0.979. The molecule has 5 nitrogen and oxygen atoms in total. The third-order valence-electron chi connectivity index (χ3n) is 1.78. The number of carbonyl (C=O) groups excluding carboxylic acids is 2. The van der Waals surface area contributed by atoms with Crippen molar-refractivity contribution in [2.45, 2.75) is 25.8 Å². The van der Waals surface area contributed by atoms with Crippen LogP contribution in [-0.4, -0.2) is 34.6 Å². The van der Waals surface area contributed by atoms with Gasteiger partial charge in [-0.2, -0.15) is 0 Å². The van der Waals surface area contributed by atoms with Crippen LogP contribution in [0.25, 0.3) is 0 Å². The Bertz CT molecular complexity index is 205. The molecular formula is C7H12N2O3. The van der Waals surface area contributed by atoms with Crippen LogP contribution in [0, 0.1) is 0 Å². The van der Waals surface area contributed by atoms with E-state index in [1.165, 1.54) is 11.9 Å². The van der Waals surface area contributed by atoms with Crippen molar-refractivity contribution in [2.24, 2.45) is 0 Å². The van der Waals surface area contributed by atoms with Crippen LogP contribution in [-0.2, 0) is 9.59 Å². The van der Waals surface area contributed by atoms with E-state index in [4.69, 9.17) is 5.11 Å². The van der Waals surface area contributed by atoms with Crippen molar-refractivity contribution in [3.05, 3.63) is 0 Å². The number of aliphatic hydroxyl groups is 1. The van der Waals surface area contributed by atoms with E-state index >= 15 is 0 Å². The summed E-state index contributed by atoms with van der Waals surface area (Å²) in [6.45, 7) is 1.38. The number of rotatable bonds is 3. The molecule has 0 spiro atoms. The molecule has 12 heavy (non-hydrogen) atoms. The normalized spacial score (nSPS) is 22.0. The lowest BCUT2D eigenvalue weighted by molar-refractivity contribution is -0.157. The standard InChI is InChI=1S/C7H12N2O3/c1-5(11)8-9-6(2-3-10)4-7(9)12/h6,10H,2-4H2,1H3,(H,8,11).